The standard InChI is InChI=1S/C34H45N7O6S2/c1-22(2)32-37-26(20-48-32)18-40(4)33(45)39-28(14-15-41-29(42)12-13-30(41)43)31(44)36-23(3)10-11-25(16-24-8-6-5-7-9-24)38-34(46)47-19-27-17-35-21-49-27/h5-9,17,20-23,25,28H,10-16,18-19H2,1-4H3,(H,36,44)(H,38,46)(H,39,45)/t23-,25+,28-/m0/s1. The van der Waals surface area contributed by atoms with E-state index in [9.17, 15) is 24.0 Å². The summed E-state index contributed by atoms with van der Waals surface area (Å²) in [6.07, 6.45) is 3.09. The fraction of sp³-hybridized carbons (Fsp3) is 0.500. The Morgan fingerprint density at radius 1 is 0.980 bits per heavy atom. The minimum absolute atomic E-state index is 0.0185. The lowest BCUT2D eigenvalue weighted by Crippen LogP contribution is -2.53. The lowest BCUT2D eigenvalue weighted by atomic mass is 9.99. The van der Waals surface area contributed by atoms with Crippen LogP contribution < -0.4 is 16.0 Å². The smallest absolute Gasteiger partial charge is 0.407 e. The number of ether oxygens (including phenoxy) is 1. The SMILES string of the molecule is CC(C)c1nc(CN(C)C(=O)N[C@@H](CCN2C(=O)CCC2=O)C(=O)N[C@@H](C)CC[C@H](Cc2ccccc2)NC(=O)OCc2cncs2)cs1. The second-order valence-electron chi connectivity index (χ2n) is 12.5. The molecule has 3 atom stereocenters. The molecule has 1 aromatic carbocycles. The van der Waals surface area contributed by atoms with E-state index in [-0.39, 0.29) is 68.8 Å². The Labute approximate surface area is 294 Å². The largest absolute Gasteiger partial charge is 0.444 e. The number of aromatic nitrogens is 2. The van der Waals surface area contributed by atoms with Crippen LogP contribution >= 0.6 is 22.7 Å². The van der Waals surface area contributed by atoms with Crippen molar-refractivity contribution in [2.45, 2.75) is 96.5 Å². The molecule has 15 heteroatoms. The highest BCUT2D eigenvalue weighted by Gasteiger charge is 2.31. The minimum atomic E-state index is -1.000. The van der Waals surface area contributed by atoms with Crippen LogP contribution in [0.1, 0.15) is 79.9 Å². The normalized spacial score (nSPS) is 14.8. The Bertz CT molecular complexity index is 1530. The molecule has 0 aliphatic carbocycles. The first-order chi connectivity index (χ1) is 23.5. The molecule has 49 heavy (non-hydrogen) atoms. The molecule has 1 fully saturated rings. The summed E-state index contributed by atoms with van der Waals surface area (Å²) in [5, 5.41) is 11.6. The van der Waals surface area contributed by atoms with Crippen molar-refractivity contribution in [3.05, 3.63) is 68.6 Å². The fourth-order valence-corrected chi connectivity index (χ4v) is 6.61. The fourth-order valence-electron chi connectivity index (χ4n) is 5.28. The van der Waals surface area contributed by atoms with Gasteiger partial charge in [0, 0.05) is 56.0 Å². The molecule has 264 valence electrons. The van der Waals surface area contributed by atoms with Crippen LogP contribution in [0.2, 0.25) is 0 Å². The summed E-state index contributed by atoms with van der Waals surface area (Å²) >= 11 is 2.94. The molecule has 0 saturated carbocycles. The molecule has 6 amide bonds. The number of thiazole rings is 2. The van der Waals surface area contributed by atoms with Gasteiger partial charge in [-0.2, -0.15) is 0 Å². The van der Waals surface area contributed by atoms with Gasteiger partial charge in [-0.1, -0.05) is 44.2 Å². The molecule has 0 bridgehead atoms. The molecule has 1 saturated heterocycles. The summed E-state index contributed by atoms with van der Waals surface area (Å²) < 4.78 is 5.40. The Balaban J connectivity index is 1.36. The van der Waals surface area contributed by atoms with Gasteiger partial charge in [-0.15, -0.1) is 22.7 Å². The highest BCUT2D eigenvalue weighted by atomic mass is 32.1. The van der Waals surface area contributed by atoms with Gasteiger partial charge in [0.1, 0.15) is 12.6 Å². The van der Waals surface area contributed by atoms with E-state index in [2.05, 4.69) is 39.8 Å². The number of carbonyl (C=O) groups is 5. The minimum Gasteiger partial charge on any atom is -0.444 e. The lowest BCUT2D eigenvalue weighted by molar-refractivity contribution is -0.139. The topological polar surface area (TPSA) is 163 Å². The number of urea groups is 1. The number of rotatable bonds is 17. The average Bonchev–Trinajstić information content (AvgIpc) is 3.84. The molecule has 0 radical (unpaired) electrons. The molecule has 3 heterocycles. The molecule has 3 N–H and O–H groups in total. The van der Waals surface area contributed by atoms with E-state index in [4.69, 9.17) is 4.74 Å². The maximum Gasteiger partial charge on any atom is 0.407 e. The molecule has 0 spiro atoms. The van der Waals surface area contributed by atoms with Gasteiger partial charge < -0.3 is 25.6 Å². The number of amides is 6. The van der Waals surface area contributed by atoms with Gasteiger partial charge >= 0.3 is 12.1 Å². The van der Waals surface area contributed by atoms with Crippen LogP contribution in [0, 0.1) is 0 Å². The lowest BCUT2D eigenvalue weighted by Gasteiger charge is -2.26. The summed E-state index contributed by atoms with van der Waals surface area (Å²) in [5.41, 5.74) is 3.47. The maximum atomic E-state index is 13.6. The summed E-state index contributed by atoms with van der Waals surface area (Å²) in [7, 11) is 1.62. The van der Waals surface area contributed by atoms with Gasteiger partial charge in [0.15, 0.2) is 0 Å². The molecule has 2 aromatic heterocycles. The molecule has 1 aliphatic heterocycles. The molecule has 13 nitrogen and oxygen atoms in total. The third-order valence-corrected chi connectivity index (χ3v) is 9.98. The summed E-state index contributed by atoms with van der Waals surface area (Å²) in [5.74, 6) is -0.724. The zero-order valence-electron chi connectivity index (χ0n) is 28.3. The Hall–Kier alpha value is -4.37. The monoisotopic (exact) mass is 711 g/mol. The van der Waals surface area contributed by atoms with Crippen LogP contribution in [-0.4, -0.2) is 81.3 Å². The average molecular weight is 712 g/mol. The van der Waals surface area contributed by atoms with E-state index in [1.807, 2.05) is 42.6 Å². The number of carbonyl (C=O) groups excluding carboxylic acids is 5. The molecular formula is C34H45N7O6S2. The van der Waals surface area contributed by atoms with Crippen LogP contribution in [0.15, 0.2) is 47.4 Å². The number of nitrogens with zero attached hydrogens (tertiary/aromatic N) is 4. The van der Waals surface area contributed by atoms with Crippen molar-refractivity contribution in [2.24, 2.45) is 0 Å². The van der Waals surface area contributed by atoms with E-state index in [0.717, 1.165) is 26.0 Å². The number of alkyl carbamates (subject to hydrolysis) is 1. The van der Waals surface area contributed by atoms with Crippen LogP contribution in [0.5, 0.6) is 0 Å². The number of hydrogen-bond acceptors (Lipinski definition) is 10. The second-order valence-corrected chi connectivity index (χ2v) is 14.3. The summed E-state index contributed by atoms with van der Waals surface area (Å²) in [6, 6.07) is 7.71. The van der Waals surface area contributed by atoms with E-state index in [1.54, 1.807) is 18.8 Å². The first-order valence-corrected chi connectivity index (χ1v) is 18.2. The summed E-state index contributed by atoms with van der Waals surface area (Å²) in [4.78, 5) is 76.0. The van der Waals surface area contributed by atoms with Crippen molar-refractivity contribution < 1.29 is 28.7 Å². The molecule has 0 unspecified atom stereocenters. The van der Waals surface area contributed by atoms with Crippen LogP contribution in [0.25, 0.3) is 0 Å². The maximum absolute atomic E-state index is 13.6. The molecule has 3 aromatic rings. The Kier molecular flexibility index (Phi) is 14.1. The number of benzene rings is 1. The Morgan fingerprint density at radius 3 is 2.37 bits per heavy atom. The first kappa shape index (κ1) is 37.4. The van der Waals surface area contributed by atoms with Crippen molar-refractivity contribution >= 4 is 52.5 Å². The van der Waals surface area contributed by atoms with Gasteiger partial charge in [0.05, 0.1) is 27.6 Å². The van der Waals surface area contributed by atoms with Gasteiger partial charge in [0.2, 0.25) is 17.7 Å². The zero-order valence-corrected chi connectivity index (χ0v) is 30.0. The van der Waals surface area contributed by atoms with E-state index in [0.29, 0.717) is 19.3 Å². The third kappa shape index (κ3) is 11.9. The van der Waals surface area contributed by atoms with E-state index in [1.165, 1.54) is 27.6 Å². The van der Waals surface area contributed by atoms with Crippen molar-refractivity contribution in [3.63, 3.8) is 0 Å². The molecule has 1 aliphatic rings. The van der Waals surface area contributed by atoms with Crippen molar-refractivity contribution in [1.82, 2.24) is 35.7 Å². The van der Waals surface area contributed by atoms with Crippen LogP contribution in [0.4, 0.5) is 9.59 Å². The van der Waals surface area contributed by atoms with E-state index >= 15 is 0 Å². The van der Waals surface area contributed by atoms with Crippen molar-refractivity contribution in [1.29, 1.82) is 0 Å². The molecule has 4 rings (SSSR count). The number of likely N-dealkylation sites (tertiary alicyclic amines) is 1. The predicted octanol–water partition coefficient (Wildman–Crippen LogP) is 4.59. The Morgan fingerprint density at radius 2 is 1.71 bits per heavy atom. The van der Waals surface area contributed by atoms with E-state index < -0.39 is 24.1 Å². The first-order valence-electron chi connectivity index (χ1n) is 16.4. The van der Waals surface area contributed by atoms with Crippen LogP contribution in [-0.2, 0) is 38.7 Å². The zero-order chi connectivity index (χ0) is 35.3. The number of imide groups is 1. The summed E-state index contributed by atoms with van der Waals surface area (Å²) in [6.45, 7) is 6.36. The van der Waals surface area contributed by atoms with Gasteiger partial charge in [-0.25, -0.2) is 14.6 Å². The van der Waals surface area contributed by atoms with Crippen molar-refractivity contribution in [2.75, 3.05) is 13.6 Å². The van der Waals surface area contributed by atoms with Gasteiger partial charge in [-0.05, 0) is 38.2 Å². The van der Waals surface area contributed by atoms with Gasteiger partial charge in [-0.3, -0.25) is 24.3 Å². The highest BCUT2D eigenvalue weighted by Crippen LogP contribution is 2.20. The van der Waals surface area contributed by atoms with Gasteiger partial charge in [0.25, 0.3) is 0 Å². The van der Waals surface area contributed by atoms with Crippen LogP contribution in [0.3, 0.4) is 0 Å². The number of hydrogen-bond donors (Lipinski definition) is 3. The molecular weight excluding hydrogens is 667 g/mol. The quantitative estimate of drug-likeness (QED) is 0.171. The second kappa shape index (κ2) is 18.4. The van der Waals surface area contributed by atoms with Crippen molar-refractivity contribution in [3.8, 4) is 0 Å². The third-order valence-electron chi connectivity index (χ3n) is 8.03. The predicted molar refractivity (Wildman–Crippen MR) is 187 cm³/mol. The number of nitrogens with one attached hydrogen (secondary N) is 3. The highest BCUT2D eigenvalue weighted by molar-refractivity contribution is 7.09.